The number of benzene rings is 3. The summed E-state index contributed by atoms with van der Waals surface area (Å²) in [7, 11) is 1.57. The molecule has 7 heteroatoms. The first kappa shape index (κ1) is 21.6. The van der Waals surface area contributed by atoms with Gasteiger partial charge in [0.25, 0.3) is 0 Å². The van der Waals surface area contributed by atoms with Gasteiger partial charge in [0.05, 0.1) is 17.5 Å². The lowest BCUT2D eigenvalue weighted by Gasteiger charge is -2.27. The quantitative estimate of drug-likeness (QED) is 0.503. The van der Waals surface area contributed by atoms with E-state index in [1.54, 1.807) is 19.2 Å². The van der Waals surface area contributed by atoms with Crippen LogP contribution in [0.2, 0.25) is 0 Å². The SMILES string of the molecule is COc1cc([C@@H]2C(C#N)=C(N)Oc3cc(O)ccc32)cc(Br)c1OCc1ccc(C)cc1. The van der Waals surface area contributed by atoms with Crippen LogP contribution in [0.3, 0.4) is 0 Å². The standard InChI is InChI=1S/C25H21BrN2O4/c1-14-3-5-15(6-4-14)13-31-24-20(26)9-16(10-22(24)30-2)23-18-8-7-17(29)11-21(18)32-25(28)19(23)12-27/h3-11,23,29H,13,28H2,1-2H3/t23-/m0/s1. The lowest BCUT2D eigenvalue weighted by Crippen LogP contribution is -2.21. The van der Waals surface area contributed by atoms with Gasteiger partial charge in [-0.3, -0.25) is 0 Å². The number of rotatable bonds is 5. The third-order valence-electron chi connectivity index (χ3n) is 5.29. The van der Waals surface area contributed by atoms with Gasteiger partial charge < -0.3 is 25.1 Å². The van der Waals surface area contributed by atoms with Crippen LogP contribution in [0, 0.1) is 18.3 Å². The highest BCUT2D eigenvalue weighted by molar-refractivity contribution is 9.10. The van der Waals surface area contributed by atoms with Crippen LogP contribution < -0.4 is 19.9 Å². The van der Waals surface area contributed by atoms with Crippen LogP contribution >= 0.6 is 15.9 Å². The van der Waals surface area contributed by atoms with Crippen molar-refractivity contribution < 1.29 is 19.3 Å². The predicted molar refractivity (Wildman–Crippen MR) is 124 cm³/mol. The highest BCUT2D eigenvalue weighted by atomic mass is 79.9. The van der Waals surface area contributed by atoms with Crippen molar-refractivity contribution in [3.63, 3.8) is 0 Å². The van der Waals surface area contributed by atoms with Crippen molar-refractivity contribution in [2.45, 2.75) is 19.4 Å². The van der Waals surface area contributed by atoms with Crippen molar-refractivity contribution in [2.75, 3.05) is 7.11 Å². The van der Waals surface area contributed by atoms with Gasteiger partial charge in [-0.2, -0.15) is 5.26 Å². The summed E-state index contributed by atoms with van der Waals surface area (Å²) in [6, 6.07) is 18.7. The van der Waals surface area contributed by atoms with E-state index >= 15 is 0 Å². The number of nitrogens with zero attached hydrogens (tertiary/aromatic N) is 1. The molecule has 6 nitrogen and oxygen atoms in total. The Morgan fingerprint density at radius 2 is 1.91 bits per heavy atom. The third-order valence-corrected chi connectivity index (χ3v) is 5.88. The van der Waals surface area contributed by atoms with Gasteiger partial charge in [-0.15, -0.1) is 0 Å². The number of halogens is 1. The number of ether oxygens (including phenoxy) is 3. The molecule has 162 valence electrons. The zero-order chi connectivity index (χ0) is 22.8. The van der Waals surface area contributed by atoms with E-state index in [9.17, 15) is 10.4 Å². The molecule has 1 heterocycles. The Morgan fingerprint density at radius 3 is 2.59 bits per heavy atom. The van der Waals surface area contributed by atoms with Crippen LogP contribution in [0.25, 0.3) is 0 Å². The summed E-state index contributed by atoms with van der Waals surface area (Å²) in [6.45, 7) is 2.42. The van der Waals surface area contributed by atoms with Crippen LogP contribution in [0.1, 0.15) is 28.2 Å². The molecule has 3 N–H and O–H groups in total. The molecule has 4 rings (SSSR count). The van der Waals surface area contributed by atoms with Gasteiger partial charge in [-0.25, -0.2) is 0 Å². The number of aryl methyl sites for hydroxylation is 1. The predicted octanol–water partition coefficient (Wildman–Crippen LogP) is 5.27. The topological polar surface area (TPSA) is 97.7 Å². The Hall–Kier alpha value is -3.63. The molecule has 0 amide bonds. The van der Waals surface area contributed by atoms with Crippen molar-refractivity contribution >= 4 is 15.9 Å². The number of aromatic hydroxyl groups is 1. The molecular weight excluding hydrogens is 472 g/mol. The Labute approximate surface area is 194 Å². The summed E-state index contributed by atoms with van der Waals surface area (Å²) in [5.41, 5.74) is 10.0. The molecule has 0 fully saturated rings. The van der Waals surface area contributed by atoms with E-state index in [0.29, 0.717) is 28.3 Å². The minimum atomic E-state index is -0.485. The van der Waals surface area contributed by atoms with Crippen molar-refractivity contribution in [3.8, 4) is 29.1 Å². The van der Waals surface area contributed by atoms with Crippen LogP contribution in [-0.4, -0.2) is 12.2 Å². The molecule has 0 aliphatic carbocycles. The minimum Gasteiger partial charge on any atom is -0.508 e. The monoisotopic (exact) mass is 492 g/mol. The lowest BCUT2D eigenvalue weighted by molar-refractivity contribution is 0.282. The molecule has 1 atom stereocenters. The molecule has 3 aromatic rings. The second-order valence-corrected chi connectivity index (χ2v) is 8.31. The average Bonchev–Trinajstić information content (AvgIpc) is 2.77. The summed E-state index contributed by atoms with van der Waals surface area (Å²) >= 11 is 3.59. The van der Waals surface area contributed by atoms with Crippen LogP contribution in [0.15, 0.2) is 70.5 Å². The van der Waals surface area contributed by atoms with E-state index in [-0.39, 0.29) is 17.2 Å². The number of phenolic OH excluding ortho intramolecular Hbond substituents is 1. The Balaban J connectivity index is 1.74. The van der Waals surface area contributed by atoms with Gasteiger partial charge in [-0.1, -0.05) is 35.9 Å². The molecule has 32 heavy (non-hydrogen) atoms. The first-order chi connectivity index (χ1) is 15.4. The molecule has 1 aliphatic rings. The number of nitrogens with two attached hydrogens (primary N) is 1. The van der Waals surface area contributed by atoms with E-state index in [2.05, 4.69) is 22.0 Å². The van der Waals surface area contributed by atoms with Gasteiger partial charge in [-0.05, 0) is 52.2 Å². The Bertz CT molecular complexity index is 1250. The Kier molecular flexibility index (Phi) is 5.97. The van der Waals surface area contributed by atoms with Gasteiger partial charge in [0.1, 0.15) is 29.7 Å². The largest absolute Gasteiger partial charge is 0.508 e. The maximum absolute atomic E-state index is 9.84. The highest BCUT2D eigenvalue weighted by Crippen LogP contribution is 2.47. The van der Waals surface area contributed by atoms with E-state index in [4.69, 9.17) is 19.9 Å². The first-order valence-corrected chi connectivity index (χ1v) is 10.7. The van der Waals surface area contributed by atoms with Crippen molar-refractivity contribution in [2.24, 2.45) is 5.73 Å². The maximum Gasteiger partial charge on any atom is 0.205 e. The molecule has 0 saturated heterocycles. The Morgan fingerprint density at radius 1 is 1.16 bits per heavy atom. The van der Waals surface area contributed by atoms with Crippen molar-refractivity contribution in [3.05, 3.63) is 92.8 Å². The number of nitriles is 1. The fraction of sp³-hybridized carbons (Fsp3) is 0.160. The molecule has 0 saturated carbocycles. The fourth-order valence-corrected chi connectivity index (χ4v) is 4.25. The van der Waals surface area contributed by atoms with Crippen LogP contribution in [0.4, 0.5) is 0 Å². The molecular formula is C25H21BrN2O4. The average molecular weight is 493 g/mol. The summed E-state index contributed by atoms with van der Waals surface area (Å²) in [6.07, 6.45) is 0. The van der Waals surface area contributed by atoms with Gasteiger partial charge in [0, 0.05) is 11.6 Å². The number of methoxy groups -OCH3 is 1. The number of hydrogen-bond acceptors (Lipinski definition) is 6. The van der Waals surface area contributed by atoms with E-state index in [1.165, 1.54) is 11.6 Å². The maximum atomic E-state index is 9.84. The number of phenols is 1. The first-order valence-electron chi connectivity index (χ1n) is 9.87. The lowest BCUT2D eigenvalue weighted by atomic mass is 9.83. The third kappa shape index (κ3) is 4.10. The summed E-state index contributed by atoms with van der Waals surface area (Å²) in [5, 5.41) is 19.6. The second kappa shape index (κ2) is 8.85. The van der Waals surface area contributed by atoms with Gasteiger partial charge in [0.15, 0.2) is 11.5 Å². The second-order valence-electron chi connectivity index (χ2n) is 7.46. The molecule has 1 aliphatic heterocycles. The molecule has 0 bridgehead atoms. The van der Waals surface area contributed by atoms with E-state index < -0.39 is 5.92 Å². The number of allylic oxidation sites excluding steroid dienone is 1. The molecule has 0 unspecified atom stereocenters. The summed E-state index contributed by atoms with van der Waals surface area (Å²) in [5.74, 6) is 1.05. The van der Waals surface area contributed by atoms with Crippen LogP contribution in [-0.2, 0) is 6.61 Å². The number of hydrogen-bond donors (Lipinski definition) is 2. The molecule has 0 spiro atoms. The highest BCUT2D eigenvalue weighted by Gasteiger charge is 2.32. The number of fused-ring (bicyclic) bond motifs is 1. The fourth-order valence-electron chi connectivity index (χ4n) is 3.67. The molecule has 3 aromatic carbocycles. The van der Waals surface area contributed by atoms with Gasteiger partial charge in [0.2, 0.25) is 5.88 Å². The molecule has 0 radical (unpaired) electrons. The molecule has 0 aromatic heterocycles. The normalized spacial score (nSPS) is 14.9. The minimum absolute atomic E-state index is 0.00499. The van der Waals surface area contributed by atoms with E-state index in [0.717, 1.165) is 16.7 Å². The van der Waals surface area contributed by atoms with Crippen molar-refractivity contribution in [1.29, 1.82) is 5.26 Å². The summed E-state index contributed by atoms with van der Waals surface area (Å²) < 4.78 is 17.9. The summed E-state index contributed by atoms with van der Waals surface area (Å²) in [4.78, 5) is 0. The van der Waals surface area contributed by atoms with E-state index in [1.807, 2.05) is 43.3 Å². The van der Waals surface area contributed by atoms with Crippen LogP contribution in [0.5, 0.6) is 23.0 Å². The smallest absolute Gasteiger partial charge is 0.205 e. The van der Waals surface area contributed by atoms with Gasteiger partial charge >= 0.3 is 0 Å². The zero-order valence-corrected chi connectivity index (χ0v) is 19.1. The zero-order valence-electron chi connectivity index (χ0n) is 17.6. The van der Waals surface area contributed by atoms with Crippen molar-refractivity contribution in [1.82, 2.24) is 0 Å².